The third-order valence-corrected chi connectivity index (χ3v) is 5.86. The summed E-state index contributed by atoms with van der Waals surface area (Å²) in [5.41, 5.74) is 0.0289. The Labute approximate surface area is 175 Å². The van der Waals surface area contributed by atoms with E-state index in [2.05, 4.69) is 26.0 Å². The highest BCUT2D eigenvalue weighted by molar-refractivity contribution is 9.10. The number of amides is 1. The molecule has 1 fully saturated rings. The summed E-state index contributed by atoms with van der Waals surface area (Å²) in [4.78, 5) is 42.2. The van der Waals surface area contributed by atoms with Crippen LogP contribution in [0, 0.1) is 10.1 Å². The number of fused-ring (bicyclic) bond motifs is 1. The Balaban J connectivity index is 1.69. The molecule has 1 aliphatic rings. The summed E-state index contributed by atoms with van der Waals surface area (Å²) in [6.07, 6.45) is -0.969. The number of halogens is 1. The average Bonchev–Trinajstić information content (AvgIpc) is 3.12. The lowest BCUT2D eigenvalue weighted by Crippen LogP contribution is -2.48. The molecular weight excluding hydrogens is 468 g/mol. The van der Waals surface area contributed by atoms with Gasteiger partial charge in [0.2, 0.25) is 4.96 Å². The smallest absolute Gasteiger partial charge is 0.407 e. The van der Waals surface area contributed by atoms with Gasteiger partial charge in [-0.15, -0.1) is 0 Å². The molecule has 11 nitrogen and oxygen atoms in total. The number of nitro benzene ring substituents is 1. The summed E-state index contributed by atoms with van der Waals surface area (Å²) in [6.45, 7) is 1.51. The average molecular weight is 481 g/mol. The van der Waals surface area contributed by atoms with E-state index >= 15 is 0 Å². The number of carboxylic acid groups (broad SMARTS) is 1. The van der Waals surface area contributed by atoms with Gasteiger partial charge in [0.15, 0.2) is 0 Å². The number of piperazine rings is 1. The molecule has 4 rings (SSSR count). The molecule has 2 aromatic heterocycles. The van der Waals surface area contributed by atoms with E-state index in [1.165, 1.54) is 23.1 Å². The Hall–Kier alpha value is -3.06. The molecule has 150 valence electrons. The molecule has 1 N–H and O–H groups in total. The maximum Gasteiger partial charge on any atom is 0.407 e. The van der Waals surface area contributed by atoms with Gasteiger partial charge in [-0.1, -0.05) is 27.3 Å². The Morgan fingerprint density at radius 3 is 2.59 bits per heavy atom. The third kappa shape index (κ3) is 3.78. The van der Waals surface area contributed by atoms with E-state index in [4.69, 9.17) is 5.11 Å². The van der Waals surface area contributed by atoms with Crippen molar-refractivity contribution in [3.8, 4) is 10.6 Å². The van der Waals surface area contributed by atoms with Gasteiger partial charge in [-0.25, -0.2) is 9.78 Å². The van der Waals surface area contributed by atoms with Crippen molar-refractivity contribution in [2.75, 3.05) is 31.1 Å². The molecule has 13 heteroatoms. The molecule has 1 amide bonds. The highest BCUT2D eigenvalue weighted by atomic mass is 79.9. The van der Waals surface area contributed by atoms with E-state index in [0.29, 0.717) is 52.0 Å². The van der Waals surface area contributed by atoms with Crippen molar-refractivity contribution in [1.82, 2.24) is 19.5 Å². The van der Waals surface area contributed by atoms with Gasteiger partial charge in [-0.3, -0.25) is 14.9 Å². The predicted molar refractivity (Wildman–Crippen MR) is 109 cm³/mol. The molecule has 0 atom stereocenters. The van der Waals surface area contributed by atoms with Gasteiger partial charge < -0.3 is 14.9 Å². The van der Waals surface area contributed by atoms with Crippen LogP contribution < -0.4 is 10.5 Å². The van der Waals surface area contributed by atoms with Crippen LogP contribution >= 0.6 is 27.3 Å². The molecule has 1 aromatic carbocycles. The van der Waals surface area contributed by atoms with E-state index in [1.807, 2.05) is 4.90 Å². The van der Waals surface area contributed by atoms with Crippen molar-refractivity contribution < 1.29 is 14.8 Å². The monoisotopic (exact) mass is 480 g/mol. The Morgan fingerprint density at radius 1 is 1.21 bits per heavy atom. The second-order valence-corrected chi connectivity index (χ2v) is 8.14. The second-order valence-electron chi connectivity index (χ2n) is 6.27. The van der Waals surface area contributed by atoms with E-state index in [-0.39, 0.29) is 11.2 Å². The van der Waals surface area contributed by atoms with E-state index < -0.39 is 11.0 Å². The summed E-state index contributed by atoms with van der Waals surface area (Å²) in [6, 6.07) is 5.81. The summed E-state index contributed by atoms with van der Waals surface area (Å²) in [5, 5.41) is 24.8. The zero-order valence-electron chi connectivity index (χ0n) is 14.7. The molecule has 0 spiro atoms. The third-order valence-electron chi connectivity index (χ3n) is 4.45. The Bertz CT molecular complexity index is 1190. The summed E-state index contributed by atoms with van der Waals surface area (Å²) in [7, 11) is 0. The quantitative estimate of drug-likeness (QED) is 0.445. The zero-order valence-corrected chi connectivity index (χ0v) is 17.1. The number of carbonyl (C=O) groups is 1. The summed E-state index contributed by atoms with van der Waals surface area (Å²) in [5.74, 6) is 0.454. The van der Waals surface area contributed by atoms with Crippen molar-refractivity contribution in [3.05, 3.63) is 49.2 Å². The second kappa shape index (κ2) is 7.40. The van der Waals surface area contributed by atoms with Crippen molar-refractivity contribution in [1.29, 1.82) is 0 Å². The number of non-ortho nitro benzene ring substituents is 1. The normalized spacial score (nSPS) is 14.4. The molecule has 29 heavy (non-hydrogen) atoms. The summed E-state index contributed by atoms with van der Waals surface area (Å²) < 4.78 is 1.68. The molecule has 3 heterocycles. The number of benzene rings is 1. The fourth-order valence-electron chi connectivity index (χ4n) is 3.01. The SMILES string of the molecule is O=C(O)N1CCN(c2cc(=O)n3nc(-c4cc(Br)cc([N+](=O)[O-])c4)sc3n2)CC1. The number of nitrogens with zero attached hydrogens (tertiary/aromatic N) is 6. The van der Waals surface area contributed by atoms with Gasteiger partial charge in [-0.05, 0) is 6.07 Å². The van der Waals surface area contributed by atoms with Gasteiger partial charge in [0, 0.05) is 54.4 Å². The van der Waals surface area contributed by atoms with Crippen molar-refractivity contribution >= 4 is 49.8 Å². The minimum absolute atomic E-state index is 0.0917. The number of hydrogen-bond acceptors (Lipinski definition) is 8. The molecule has 0 bridgehead atoms. The fourth-order valence-corrected chi connectivity index (χ4v) is 4.38. The predicted octanol–water partition coefficient (Wildman–Crippen LogP) is 2.29. The van der Waals surface area contributed by atoms with Crippen LogP contribution in [0.25, 0.3) is 15.5 Å². The van der Waals surface area contributed by atoms with Crippen molar-refractivity contribution in [2.45, 2.75) is 0 Å². The largest absolute Gasteiger partial charge is 0.465 e. The van der Waals surface area contributed by atoms with Crippen LogP contribution in [0.1, 0.15) is 0 Å². The van der Waals surface area contributed by atoms with Gasteiger partial charge in [0.25, 0.3) is 11.2 Å². The number of aromatic nitrogens is 3. The standard InChI is InChI=1S/C16H13BrN6O5S/c17-10-5-9(6-11(7-10)23(27)28)14-19-22-13(24)8-12(18-15(22)29-14)20-1-3-21(4-2-20)16(25)26/h5-8H,1-4H2,(H,25,26). The minimum Gasteiger partial charge on any atom is -0.465 e. The van der Waals surface area contributed by atoms with Crippen molar-refractivity contribution in [3.63, 3.8) is 0 Å². The van der Waals surface area contributed by atoms with E-state index in [1.54, 1.807) is 6.07 Å². The lowest BCUT2D eigenvalue weighted by molar-refractivity contribution is -0.384. The van der Waals surface area contributed by atoms with Gasteiger partial charge in [-0.2, -0.15) is 9.61 Å². The minimum atomic E-state index is -0.969. The lowest BCUT2D eigenvalue weighted by Gasteiger charge is -2.33. The maximum absolute atomic E-state index is 12.5. The first-order valence-corrected chi connectivity index (χ1v) is 10.0. The molecular formula is C16H13BrN6O5S. The van der Waals surface area contributed by atoms with Gasteiger partial charge in [0.05, 0.1) is 4.92 Å². The lowest BCUT2D eigenvalue weighted by atomic mass is 10.2. The first-order valence-electron chi connectivity index (χ1n) is 8.41. The molecule has 3 aromatic rings. The summed E-state index contributed by atoms with van der Waals surface area (Å²) >= 11 is 4.39. The van der Waals surface area contributed by atoms with Crippen molar-refractivity contribution in [2.24, 2.45) is 0 Å². The molecule has 0 aliphatic carbocycles. The fraction of sp³-hybridized carbons (Fsp3) is 0.250. The number of rotatable bonds is 3. The van der Waals surface area contributed by atoms with Crippen LogP contribution in [0.15, 0.2) is 33.5 Å². The molecule has 0 unspecified atom stereocenters. The topological polar surface area (TPSA) is 134 Å². The van der Waals surface area contributed by atoms with Crippen LogP contribution in [-0.4, -0.2) is 61.8 Å². The van der Waals surface area contributed by atoms with Crippen LogP contribution in [0.2, 0.25) is 0 Å². The first kappa shape index (κ1) is 19.3. The zero-order chi connectivity index (χ0) is 20.7. The highest BCUT2D eigenvalue weighted by Crippen LogP contribution is 2.31. The van der Waals surface area contributed by atoms with Crippen LogP contribution in [0.5, 0.6) is 0 Å². The van der Waals surface area contributed by atoms with E-state index in [0.717, 1.165) is 15.9 Å². The number of anilines is 1. The van der Waals surface area contributed by atoms with Gasteiger partial charge >= 0.3 is 6.09 Å². The Morgan fingerprint density at radius 2 is 1.93 bits per heavy atom. The van der Waals surface area contributed by atoms with Crippen LogP contribution in [0.4, 0.5) is 16.3 Å². The molecule has 1 saturated heterocycles. The number of nitro groups is 1. The van der Waals surface area contributed by atoms with Crippen LogP contribution in [0.3, 0.4) is 0 Å². The van der Waals surface area contributed by atoms with E-state index in [9.17, 15) is 19.7 Å². The first-order chi connectivity index (χ1) is 13.8. The molecule has 1 aliphatic heterocycles. The highest BCUT2D eigenvalue weighted by Gasteiger charge is 2.23. The van der Waals surface area contributed by atoms with Gasteiger partial charge in [0.1, 0.15) is 10.8 Å². The Kier molecular flexibility index (Phi) is 4.92. The molecule has 0 saturated carbocycles. The molecule has 0 radical (unpaired) electrons. The number of hydrogen-bond donors (Lipinski definition) is 1. The maximum atomic E-state index is 12.5. The van der Waals surface area contributed by atoms with Crippen LogP contribution in [-0.2, 0) is 0 Å².